The van der Waals surface area contributed by atoms with Crippen LogP contribution in [0.3, 0.4) is 0 Å². The molecule has 0 unspecified atom stereocenters. The van der Waals surface area contributed by atoms with Crippen molar-refractivity contribution in [1.29, 1.82) is 0 Å². The molecular weight excluding hydrogens is 330 g/mol. The number of nitrogens with two attached hydrogens (primary N) is 1. The second-order valence-electron chi connectivity index (χ2n) is 7.01. The molecule has 0 bridgehead atoms. The summed E-state index contributed by atoms with van der Waals surface area (Å²) in [6.45, 7) is 8.82. The lowest BCUT2D eigenvalue weighted by molar-refractivity contribution is -0.692. The highest BCUT2D eigenvalue weighted by atomic mass is 16.3. The number of quaternary nitrogens is 1. The van der Waals surface area contributed by atoms with Crippen molar-refractivity contribution in [2.24, 2.45) is 5.92 Å². The number of carbonyl (C=O) groups excluding carboxylic acids is 2. The Kier molecular flexibility index (Phi) is 6.97. The monoisotopic (exact) mass is 358 g/mol. The number of nitrogens with one attached hydrogen (secondary N) is 2. The number of furan rings is 1. The summed E-state index contributed by atoms with van der Waals surface area (Å²) in [5, 5.41) is 1.99. The zero-order chi connectivity index (χ0) is 19.1. The van der Waals surface area contributed by atoms with Crippen LogP contribution in [0, 0.1) is 5.92 Å². The van der Waals surface area contributed by atoms with Crippen LogP contribution in [0.5, 0.6) is 0 Å². The lowest BCUT2D eigenvalue weighted by atomic mass is 9.93. The Morgan fingerprint density at radius 2 is 1.65 bits per heavy atom. The van der Waals surface area contributed by atoms with Crippen molar-refractivity contribution in [3.05, 3.63) is 59.5 Å². The number of hydrogen-bond acceptors (Lipinski definition) is 3. The van der Waals surface area contributed by atoms with Crippen molar-refractivity contribution >= 4 is 11.8 Å². The standard InChI is InChI=1S/C20H27N3O3/c1-13(2)15-7-9-16(10-8-15)19(14(3)4)21-12-18(24)22-23-20(25)17-6-5-11-26-17/h5-11,13-14,19,21H,12H2,1-4H3,(H,22,24)(H,23,25)/p+1/t19-/m1/s1. The van der Waals surface area contributed by atoms with E-state index in [0.717, 1.165) is 0 Å². The van der Waals surface area contributed by atoms with Gasteiger partial charge in [0.2, 0.25) is 0 Å². The summed E-state index contributed by atoms with van der Waals surface area (Å²) in [6, 6.07) is 11.9. The predicted molar refractivity (Wildman–Crippen MR) is 99.2 cm³/mol. The maximum absolute atomic E-state index is 12.0. The molecule has 1 heterocycles. The molecule has 6 nitrogen and oxygen atoms in total. The first-order valence-corrected chi connectivity index (χ1v) is 8.94. The fourth-order valence-electron chi connectivity index (χ4n) is 2.78. The molecule has 0 spiro atoms. The van der Waals surface area contributed by atoms with Gasteiger partial charge in [-0.1, -0.05) is 52.0 Å². The molecule has 2 rings (SSSR count). The van der Waals surface area contributed by atoms with E-state index in [1.165, 1.54) is 23.5 Å². The lowest BCUT2D eigenvalue weighted by Gasteiger charge is -2.20. The Morgan fingerprint density at radius 1 is 1.00 bits per heavy atom. The van der Waals surface area contributed by atoms with E-state index in [1.54, 1.807) is 6.07 Å². The van der Waals surface area contributed by atoms with E-state index in [2.05, 4.69) is 62.8 Å². The van der Waals surface area contributed by atoms with Gasteiger partial charge in [0.25, 0.3) is 5.91 Å². The van der Waals surface area contributed by atoms with Gasteiger partial charge in [-0.2, -0.15) is 0 Å². The van der Waals surface area contributed by atoms with Crippen LogP contribution >= 0.6 is 0 Å². The van der Waals surface area contributed by atoms with Gasteiger partial charge in [-0.3, -0.25) is 20.4 Å². The number of carbonyl (C=O) groups is 2. The van der Waals surface area contributed by atoms with Gasteiger partial charge in [0.1, 0.15) is 6.04 Å². The van der Waals surface area contributed by atoms with Crippen molar-refractivity contribution in [2.45, 2.75) is 39.7 Å². The van der Waals surface area contributed by atoms with Gasteiger partial charge in [-0.25, -0.2) is 0 Å². The molecular formula is C20H28N3O3+. The van der Waals surface area contributed by atoms with Crippen LogP contribution in [0.4, 0.5) is 0 Å². The third-order valence-electron chi connectivity index (χ3n) is 4.32. The molecule has 0 saturated carbocycles. The van der Waals surface area contributed by atoms with Gasteiger partial charge in [0, 0.05) is 11.5 Å². The molecule has 0 fully saturated rings. The summed E-state index contributed by atoms with van der Waals surface area (Å²) >= 11 is 0. The van der Waals surface area contributed by atoms with Crippen LogP contribution in [0.15, 0.2) is 47.1 Å². The highest BCUT2D eigenvalue weighted by Gasteiger charge is 2.21. The number of rotatable bonds is 7. The molecule has 140 valence electrons. The fourth-order valence-corrected chi connectivity index (χ4v) is 2.78. The van der Waals surface area contributed by atoms with Crippen molar-refractivity contribution in [1.82, 2.24) is 10.9 Å². The smallest absolute Gasteiger partial charge is 0.305 e. The Morgan fingerprint density at radius 3 is 2.19 bits per heavy atom. The van der Waals surface area contributed by atoms with Gasteiger partial charge < -0.3 is 9.73 Å². The van der Waals surface area contributed by atoms with Crippen LogP contribution in [-0.4, -0.2) is 18.4 Å². The van der Waals surface area contributed by atoms with Crippen molar-refractivity contribution in [2.75, 3.05) is 6.54 Å². The summed E-state index contributed by atoms with van der Waals surface area (Å²) in [5.41, 5.74) is 7.25. The molecule has 6 heteroatoms. The third kappa shape index (κ3) is 5.46. The minimum Gasteiger partial charge on any atom is -0.459 e. The van der Waals surface area contributed by atoms with E-state index >= 15 is 0 Å². The minimum atomic E-state index is -0.479. The Balaban J connectivity index is 1.87. The van der Waals surface area contributed by atoms with Crippen molar-refractivity contribution < 1.29 is 19.3 Å². The lowest BCUT2D eigenvalue weighted by Crippen LogP contribution is -2.88. The second kappa shape index (κ2) is 9.20. The Labute approximate surface area is 154 Å². The number of hydrogen-bond donors (Lipinski definition) is 3. The molecule has 0 saturated heterocycles. The van der Waals surface area contributed by atoms with Crippen molar-refractivity contribution in [3.63, 3.8) is 0 Å². The molecule has 2 aromatic rings. The predicted octanol–water partition coefficient (Wildman–Crippen LogP) is 2.12. The fraction of sp³-hybridized carbons (Fsp3) is 0.400. The first-order valence-electron chi connectivity index (χ1n) is 8.94. The SMILES string of the molecule is CC(C)c1ccc([C@H]([NH2+]CC(=O)NNC(=O)c2ccco2)C(C)C)cc1. The molecule has 1 aromatic heterocycles. The largest absolute Gasteiger partial charge is 0.459 e. The Hall–Kier alpha value is -2.60. The van der Waals surface area contributed by atoms with Crippen LogP contribution in [-0.2, 0) is 4.79 Å². The van der Waals surface area contributed by atoms with Gasteiger partial charge in [-0.15, -0.1) is 0 Å². The zero-order valence-corrected chi connectivity index (χ0v) is 15.8. The molecule has 0 radical (unpaired) electrons. The molecule has 2 amide bonds. The first-order chi connectivity index (χ1) is 12.4. The van der Waals surface area contributed by atoms with E-state index < -0.39 is 5.91 Å². The zero-order valence-electron chi connectivity index (χ0n) is 15.8. The van der Waals surface area contributed by atoms with Crippen LogP contribution < -0.4 is 16.2 Å². The third-order valence-corrected chi connectivity index (χ3v) is 4.32. The summed E-state index contributed by atoms with van der Waals surface area (Å²) in [6.07, 6.45) is 1.41. The number of amides is 2. The Bertz CT molecular complexity index is 706. The maximum atomic E-state index is 12.0. The first kappa shape index (κ1) is 19.7. The topological polar surface area (TPSA) is 88.0 Å². The number of benzene rings is 1. The molecule has 26 heavy (non-hydrogen) atoms. The van der Waals surface area contributed by atoms with E-state index in [9.17, 15) is 9.59 Å². The van der Waals surface area contributed by atoms with Crippen LogP contribution in [0.2, 0.25) is 0 Å². The van der Waals surface area contributed by atoms with Gasteiger partial charge >= 0.3 is 5.91 Å². The molecule has 1 atom stereocenters. The van der Waals surface area contributed by atoms with E-state index in [-0.39, 0.29) is 24.3 Å². The highest BCUT2D eigenvalue weighted by molar-refractivity contribution is 5.92. The van der Waals surface area contributed by atoms with E-state index in [0.29, 0.717) is 11.8 Å². The van der Waals surface area contributed by atoms with Gasteiger partial charge in [0.15, 0.2) is 12.3 Å². The molecule has 0 aliphatic heterocycles. The van der Waals surface area contributed by atoms with Crippen molar-refractivity contribution in [3.8, 4) is 0 Å². The highest BCUT2D eigenvalue weighted by Crippen LogP contribution is 2.21. The molecule has 1 aromatic carbocycles. The van der Waals surface area contributed by atoms with E-state index in [4.69, 9.17) is 4.42 Å². The molecule has 0 aliphatic rings. The quantitative estimate of drug-likeness (QED) is 0.663. The molecule has 4 N–H and O–H groups in total. The summed E-state index contributed by atoms with van der Waals surface area (Å²) in [7, 11) is 0. The average molecular weight is 358 g/mol. The average Bonchev–Trinajstić information content (AvgIpc) is 3.14. The molecule has 0 aliphatic carbocycles. The summed E-state index contributed by atoms with van der Waals surface area (Å²) in [4.78, 5) is 23.8. The summed E-state index contributed by atoms with van der Waals surface area (Å²) < 4.78 is 4.97. The summed E-state index contributed by atoms with van der Waals surface area (Å²) in [5.74, 6) is 0.265. The van der Waals surface area contributed by atoms with Gasteiger partial charge in [-0.05, 0) is 23.6 Å². The van der Waals surface area contributed by atoms with Crippen LogP contribution in [0.1, 0.15) is 61.3 Å². The normalized spacial score (nSPS) is 12.2. The minimum absolute atomic E-state index is 0.152. The second-order valence-corrected chi connectivity index (χ2v) is 7.01. The van der Waals surface area contributed by atoms with Crippen LogP contribution in [0.25, 0.3) is 0 Å². The number of hydrazine groups is 1. The van der Waals surface area contributed by atoms with Gasteiger partial charge in [0.05, 0.1) is 6.26 Å². The van der Waals surface area contributed by atoms with E-state index in [1.807, 2.05) is 5.32 Å². The maximum Gasteiger partial charge on any atom is 0.305 e.